The number of carbonyl (C=O) groups excluding carboxylic acids is 2. The Morgan fingerprint density at radius 3 is 0.786 bits per heavy atom. The van der Waals surface area contributed by atoms with Crippen LogP contribution in [-0.4, -0.2) is 36.4 Å². The van der Waals surface area contributed by atoms with Crippen molar-refractivity contribution in [2.24, 2.45) is 0 Å². The van der Waals surface area contributed by atoms with Gasteiger partial charge in [0.05, 0.1) is 6.61 Å². The molecule has 482 valence electrons. The van der Waals surface area contributed by atoms with E-state index in [4.69, 9.17) is 9.47 Å². The average molecular weight is 1170 g/mol. The molecule has 0 amide bonds. The fourth-order valence-electron chi connectivity index (χ4n) is 10.4. The molecule has 0 spiro atoms. The zero-order valence-corrected chi connectivity index (χ0v) is 55.4. The van der Waals surface area contributed by atoms with E-state index in [1.807, 2.05) is 0 Å². The summed E-state index contributed by atoms with van der Waals surface area (Å²) in [4.78, 5) is 24.7. The van der Waals surface area contributed by atoms with Crippen molar-refractivity contribution in [2.45, 2.75) is 354 Å². The summed E-state index contributed by atoms with van der Waals surface area (Å²) >= 11 is 0. The Labute approximate surface area is 522 Å². The topological polar surface area (TPSA) is 72.8 Å². The summed E-state index contributed by atoms with van der Waals surface area (Å²) in [5.74, 6) is -0.585. The second kappa shape index (κ2) is 73.6. The number of hydrogen-bond acceptors (Lipinski definition) is 5. The highest BCUT2D eigenvalue weighted by molar-refractivity contribution is 5.70. The number of ether oxygens (including phenoxy) is 2. The van der Waals surface area contributed by atoms with Gasteiger partial charge < -0.3 is 14.6 Å². The van der Waals surface area contributed by atoms with Gasteiger partial charge in [-0.25, -0.2) is 0 Å². The minimum absolute atomic E-state index is 0.0687. The Hall–Kier alpha value is -3.70. The highest BCUT2D eigenvalue weighted by Gasteiger charge is 2.16. The molecule has 0 bridgehead atoms. The second-order valence-corrected chi connectivity index (χ2v) is 23.9. The Bertz CT molecular complexity index is 1650. The highest BCUT2D eigenvalue weighted by Crippen LogP contribution is 2.18. The molecule has 5 nitrogen and oxygen atoms in total. The van der Waals surface area contributed by atoms with Gasteiger partial charge in [-0.1, -0.05) is 347 Å². The van der Waals surface area contributed by atoms with Crippen LogP contribution in [0.25, 0.3) is 0 Å². The van der Waals surface area contributed by atoms with E-state index >= 15 is 0 Å². The van der Waals surface area contributed by atoms with Crippen LogP contribution in [0.2, 0.25) is 0 Å². The summed E-state index contributed by atoms with van der Waals surface area (Å²) in [6.07, 6.45) is 108. The monoisotopic (exact) mass is 1170 g/mol. The molecule has 0 fully saturated rings. The third-order valence-corrected chi connectivity index (χ3v) is 15.7. The van der Waals surface area contributed by atoms with Gasteiger partial charge in [-0.05, 0) is 109 Å². The summed E-state index contributed by atoms with van der Waals surface area (Å²) in [6.45, 7) is 4.06. The highest BCUT2D eigenvalue weighted by atomic mass is 16.6. The van der Waals surface area contributed by atoms with Gasteiger partial charge in [-0.2, -0.15) is 0 Å². The molecule has 84 heavy (non-hydrogen) atoms. The summed E-state index contributed by atoms with van der Waals surface area (Å²) in [5, 5.41) is 9.71. The summed E-state index contributed by atoms with van der Waals surface area (Å²) < 4.78 is 10.8. The van der Waals surface area contributed by atoms with E-state index in [1.165, 1.54) is 225 Å². The van der Waals surface area contributed by atoms with Crippen molar-refractivity contribution < 1.29 is 24.2 Å². The maximum atomic E-state index is 12.4. The van der Waals surface area contributed by atoms with Crippen molar-refractivity contribution in [1.82, 2.24) is 0 Å². The Morgan fingerprint density at radius 2 is 0.512 bits per heavy atom. The quantitative estimate of drug-likeness (QED) is 0.0373. The Kier molecular flexibility index (Phi) is 70.3. The van der Waals surface area contributed by atoms with Crippen LogP contribution < -0.4 is 0 Å². The maximum absolute atomic E-state index is 12.4. The van der Waals surface area contributed by atoms with Crippen LogP contribution in [0.1, 0.15) is 348 Å². The molecule has 1 atom stereocenters. The van der Waals surface area contributed by atoms with E-state index in [9.17, 15) is 14.7 Å². The Balaban J connectivity index is 3.49. The minimum Gasteiger partial charge on any atom is -0.462 e. The summed E-state index contributed by atoms with van der Waals surface area (Å²) in [7, 11) is 0. The van der Waals surface area contributed by atoms with E-state index < -0.39 is 6.10 Å². The first-order chi connectivity index (χ1) is 41.6. The molecule has 5 heteroatoms. The molecule has 0 aliphatic rings. The number of esters is 2. The van der Waals surface area contributed by atoms with Crippen LogP contribution in [0.15, 0.2) is 122 Å². The smallest absolute Gasteiger partial charge is 0.306 e. The van der Waals surface area contributed by atoms with Crippen molar-refractivity contribution in [1.29, 1.82) is 0 Å². The number of allylic oxidation sites excluding steroid dienone is 20. The number of unbranched alkanes of at least 4 members (excludes halogenated alkanes) is 38. The molecule has 0 aromatic rings. The molecular formula is C79H136O5. The lowest BCUT2D eigenvalue weighted by molar-refractivity contribution is -0.161. The second-order valence-electron chi connectivity index (χ2n) is 23.9. The zero-order valence-electron chi connectivity index (χ0n) is 55.4. The zero-order chi connectivity index (χ0) is 60.5. The van der Waals surface area contributed by atoms with E-state index in [1.54, 1.807) is 0 Å². The molecule has 0 aliphatic heterocycles. The molecule has 0 aromatic heterocycles. The summed E-state index contributed by atoms with van der Waals surface area (Å²) in [6, 6.07) is 0. The molecular weight excluding hydrogens is 1030 g/mol. The standard InChI is InChI=1S/C79H136O5/c1-3-5-7-9-11-13-15-17-19-21-23-25-27-29-31-33-35-36-37-38-39-40-41-42-44-46-48-50-52-54-56-58-60-62-64-66-68-70-72-74-79(82)84-77(75-80)76-83-78(81)73-71-69-67-65-63-61-59-57-55-53-51-49-47-45-43-34-32-30-28-26-24-22-20-18-16-14-12-10-8-6-4-2/h5,7,11,13,17,19,22-25,29,31,35-36,38-39,41-42,46,48,77,80H,3-4,6,8-10,12,14-16,18,20-21,26-28,30,32-34,37,40,43-45,47,49-76H2,1-2H3/b7-5-,13-11-,19-17-,24-22-,25-23-,31-29-,36-35-,39-38-,42-41-,48-46-. The van der Waals surface area contributed by atoms with Gasteiger partial charge in [0.15, 0.2) is 6.10 Å². The third kappa shape index (κ3) is 70.8. The predicted octanol–water partition coefficient (Wildman–Crippen LogP) is 25.3. The SMILES string of the molecule is CC/C=C\C/C=C\C/C=C\C/C=C\C/C=C\C/C=C\C/C=C\C/C=C\C/C=C\CCCCCCCCCCCCCC(=O)OC(CO)COC(=O)CCCCCCCCCCCCCCCCCCCCC/C=C\CCCCCCCCCC. The van der Waals surface area contributed by atoms with Crippen molar-refractivity contribution in [3.05, 3.63) is 122 Å². The average Bonchev–Trinajstić information content (AvgIpc) is 3.51. The van der Waals surface area contributed by atoms with Crippen LogP contribution in [0.4, 0.5) is 0 Å². The minimum atomic E-state index is -0.781. The first-order valence-corrected chi connectivity index (χ1v) is 36.1. The number of hydrogen-bond donors (Lipinski definition) is 1. The molecule has 0 radical (unpaired) electrons. The first-order valence-electron chi connectivity index (χ1n) is 36.1. The largest absolute Gasteiger partial charge is 0.462 e. The molecule has 1 N–H and O–H groups in total. The van der Waals surface area contributed by atoms with E-state index in [-0.39, 0.29) is 25.2 Å². The van der Waals surface area contributed by atoms with Crippen molar-refractivity contribution >= 4 is 11.9 Å². The molecule has 0 heterocycles. The lowest BCUT2D eigenvalue weighted by atomic mass is 10.0. The van der Waals surface area contributed by atoms with E-state index in [0.29, 0.717) is 12.8 Å². The van der Waals surface area contributed by atoms with Crippen molar-refractivity contribution in [2.75, 3.05) is 13.2 Å². The van der Waals surface area contributed by atoms with Gasteiger partial charge in [-0.15, -0.1) is 0 Å². The number of rotatable bonds is 66. The fourth-order valence-corrected chi connectivity index (χ4v) is 10.4. The lowest BCUT2D eigenvalue weighted by Crippen LogP contribution is -2.28. The van der Waals surface area contributed by atoms with E-state index in [0.717, 1.165) is 96.3 Å². The molecule has 0 aromatic carbocycles. The van der Waals surface area contributed by atoms with Gasteiger partial charge in [-0.3, -0.25) is 9.59 Å². The van der Waals surface area contributed by atoms with Crippen LogP contribution in [0, 0.1) is 0 Å². The van der Waals surface area contributed by atoms with Crippen molar-refractivity contribution in [3.8, 4) is 0 Å². The van der Waals surface area contributed by atoms with E-state index in [2.05, 4.69) is 135 Å². The number of aliphatic hydroxyl groups excluding tert-OH is 1. The Morgan fingerprint density at radius 1 is 0.286 bits per heavy atom. The van der Waals surface area contributed by atoms with Gasteiger partial charge in [0, 0.05) is 12.8 Å². The predicted molar refractivity (Wildman–Crippen MR) is 371 cm³/mol. The molecule has 1 unspecified atom stereocenters. The molecule has 0 saturated carbocycles. The number of aliphatic hydroxyl groups is 1. The molecule has 0 aliphatic carbocycles. The van der Waals surface area contributed by atoms with Gasteiger partial charge in [0.25, 0.3) is 0 Å². The number of carbonyl (C=O) groups is 2. The lowest BCUT2D eigenvalue weighted by Gasteiger charge is -2.15. The maximum Gasteiger partial charge on any atom is 0.306 e. The summed E-state index contributed by atoms with van der Waals surface area (Å²) in [5.41, 5.74) is 0. The normalized spacial score (nSPS) is 12.9. The van der Waals surface area contributed by atoms with Crippen LogP contribution in [0.5, 0.6) is 0 Å². The first kappa shape index (κ1) is 80.3. The fraction of sp³-hybridized carbons (Fsp3) is 0.722. The van der Waals surface area contributed by atoms with Gasteiger partial charge >= 0.3 is 11.9 Å². The van der Waals surface area contributed by atoms with Gasteiger partial charge in [0.1, 0.15) is 6.61 Å². The van der Waals surface area contributed by atoms with Crippen LogP contribution >= 0.6 is 0 Å². The third-order valence-electron chi connectivity index (χ3n) is 15.7. The molecule has 0 rings (SSSR count). The van der Waals surface area contributed by atoms with Crippen molar-refractivity contribution in [3.63, 3.8) is 0 Å². The molecule has 0 saturated heterocycles. The van der Waals surface area contributed by atoms with Crippen LogP contribution in [0.3, 0.4) is 0 Å². The van der Waals surface area contributed by atoms with Gasteiger partial charge in [0.2, 0.25) is 0 Å². The van der Waals surface area contributed by atoms with Crippen LogP contribution in [-0.2, 0) is 19.1 Å².